The van der Waals surface area contributed by atoms with Crippen molar-refractivity contribution in [3.63, 3.8) is 0 Å². The number of aliphatic hydroxyl groups excluding tert-OH is 5. The molecule has 0 unspecified atom stereocenters. The first-order chi connectivity index (χ1) is 9.56. The standard InChI is InChI=1S/C12H20O8/c13-4-8-12(17)7(1-2-18-8)19-10-3-6(15)11(16)9(5-14)20-10/h1-2,6-17H,3-5H2/t6-,7-,8-,9-,10+,11+,12+/m1/s1. The predicted octanol–water partition coefficient (Wildman–Crippen LogP) is -2.53. The first-order valence-corrected chi connectivity index (χ1v) is 6.45. The highest BCUT2D eigenvalue weighted by molar-refractivity contribution is 4.98. The second kappa shape index (κ2) is 6.81. The van der Waals surface area contributed by atoms with Gasteiger partial charge in [0, 0.05) is 6.42 Å². The van der Waals surface area contributed by atoms with Crippen LogP contribution in [0.2, 0.25) is 0 Å². The number of aliphatic hydroxyl groups is 5. The van der Waals surface area contributed by atoms with E-state index in [9.17, 15) is 15.3 Å². The van der Waals surface area contributed by atoms with Crippen LogP contribution in [0.1, 0.15) is 6.42 Å². The van der Waals surface area contributed by atoms with Crippen molar-refractivity contribution in [3.8, 4) is 0 Å². The number of hydrogen-bond donors (Lipinski definition) is 5. The van der Waals surface area contributed by atoms with E-state index in [0.717, 1.165) is 0 Å². The summed E-state index contributed by atoms with van der Waals surface area (Å²) in [7, 11) is 0. The fraction of sp³-hybridized carbons (Fsp3) is 0.833. The molecule has 0 amide bonds. The molecule has 8 heteroatoms. The zero-order valence-electron chi connectivity index (χ0n) is 10.8. The molecule has 116 valence electrons. The minimum Gasteiger partial charge on any atom is -0.493 e. The number of hydrogen-bond acceptors (Lipinski definition) is 8. The molecule has 1 fully saturated rings. The Morgan fingerprint density at radius 2 is 1.75 bits per heavy atom. The lowest BCUT2D eigenvalue weighted by atomic mass is 10.0. The molecular formula is C12H20O8. The van der Waals surface area contributed by atoms with Crippen LogP contribution < -0.4 is 0 Å². The molecule has 7 atom stereocenters. The van der Waals surface area contributed by atoms with E-state index in [1.807, 2.05) is 0 Å². The summed E-state index contributed by atoms with van der Waals surface area (Å²) in [6.07, 6.45) is -3.94. The number of rotatable bonds is 4. The highest BCUT2D eigenvalue weighted by Gasteiger charge is 2.39. The fourth-order valence-corrected chi connectivity index (χ4v) is 2.24. The topological polar surface area (TPSA) is 129 Å². The second-order valence-corrected chi connectivity index (χ2v) is 4.86. The Bertz CT molecular complexity index is 335. The van der Waals surface area contributed by atoms with Gasteiger partial charge in [-0.25, -0.2) is 0 Å². The average Bonchev–Trinajstić information content (AvgIpc) is 2.45. The zero-order valence-corrected chi connectivity index (χ0v) is 10.8. The van der Waals surface area contributed by atoms with Gasteiger partial charge < -0.3 is 39.7 Å². The van der Waals surface area contributed by atoms with Gasteiger partial charge in [-0.05, 0) is 6.08 Å². The van der Waals surface area contributed by atoms with Gasteiger partial charge in [0.05, 0.1) is 25.6 Å². The summed E-state index contributed by atoms with van der Waals surface area (Å²) in [6.45, 7) is -0.818. The number of ether oxygens (including phenoxy) is 3. The van der Waals surface area contributed by atoms with Crippen molar-refractivity contribution < 1.29 is 39.7 Å². The van der Waals surface area contributed by atoms with Gasteiger partial charge in [-0.1, -0.05) is 0 Å². The fourth-order valence-electron chi connectivity index (χ4n) is 2.24. The third-order valence-corrected chi connectivity index (χ3v) is 3.44. The predicted molar refractivity (Wildman–Crippen MR) is 64.4 cm³/mol. The lowest BCUT2D eigenvalue weighted by Crippen LogP contribution is -2.53. The molecule has 2 aliphatic rings. The summed E-state index contributed by atoms with van der Waals surface area (Å²) in [4.78, 5) is 0. The Balaban J connectivity index is 1.96. The van der Waals surface area contributed by atoms with Crippen molar-refractivity contribution in [2.45, 2.75) is 49.3 Å². The van der Waals surface area contributed by atoms with Gasteiger partial charge in [0.1, 0.15) is 30.5 Å². The molecule has 0 aromatic carbocycles. The Hall–Kier alpha value is -0.740. The molecular weight excluding hydrogens is 272 g/mol. The molecule has 2 aliphatic heterocycles. The van der Waals surface area contributed by atoms with Gasteiger partial charge >= 0.3 is 0 Å². The van der Waals surface area contributed by atoms with E-state index in [-0.39, 0.29) is 13.0 Å². The van der Waals surface area contributed by atoms with Crippen LogP contribution in [-0.2, 0) is 14.2 Å². The Morgan fingerprint density at radius 3 is 2.40 bits per heavy atom. The Kier molecular flexibility index (Phi) is 5.33. The minimum atomic E-state index is -1.18. The lowest BCUT2D eigenvalue weighted by Gasteiger charge is -2.39. The van der Waals surface area contributed by atoms with E-state index in [2.05, 4.69) is 0 Å². The molecule has 0 aromatic heterocycles. The van der Waals surface area contributed by atoms with Crippen molar-refractivity contribution in [2.24, 2.45) is 0 Å². The van der Waals surface area contributed by atoms with Crippen molar-refractivity contribution in [1.29, 1.82) is 0 Å². The van der Waals surface area contributed by atoms with E-state index in [1.54, 1.807) is 0 Å². The molecule has 0 spiro atoms. The van der Waals surface area contributed by atoms with Crippen LogP contribution in [0.4, 0.5) is 0 Å². The molecule has 0 bridgehead atoms. The van der Waals surface area contributed by atoms with Crippen LogP contribution in [0.5, 0.6) is 0 Å². The molecule has 0 aliphatic carbocycles. The quantitative estimate of drug-likeness (QED) is 0.383. The Morgan fingerprint density at radius 1 is 1.05 bits per heavy atom. The summed E-state index contributed by atoms with van der Waals surface area (Å²) in [5.41, 5.74) is 0. The minimum absolute atomic E-state index is 0.0133. The second-order valence-electron chi connectivity index (χ2n) is 4.86. The van der Waals surface area contributed by atoms with E-state index in [4.69, 9.17) is 24.4 Å². The first kappa shape index (κ1) is 15.6. The zero-order chi connectivity index (χ0) is 14.7. The van der Waals surface area contributed by atoms with Crippen molar-refractivity contribution >= 4 is 0 Å². The molecule has 5 N–H and O–H groups in total. The molecule has 0 radical (unpaired) electrons. The Labute approximate surface area is 115 Å². The maximum Gasteiger partial charge on any atom is 0.161 e. The third-order valence-electron chi connectivity index (χ3n) is 3.44. The monoisotopic (exact) mass is 292 g/mol. The highest BCUT2D eigenvalue weighted by atomic mass is 16.7. The van der Waals surface area contributed by atoms with Gasteiger partial charge in [-0.3, -0.25) is 0 Å². The molecule has 20 heavy (non-hydrogen) atoms. The van der Waals surface area contributed by atoms with Gasteiger partial charge in [0.15, 0.2) is 6.29 Å². The van der Waals surface area contributed by atoms with E-state index in [0.29, 0.717) is 0 Å². The molecule has 1 saturated heterocycles. The normalized spacial score (nSPS) is 45.1. The van der Waals surface area contributed by atoms with Crippen LogP contribution in [0.3, 0.4) is 0 Å². The van der Waals surface area contributed by atoms with Crippen LogP contribution in [0.15, 0.2) is 12.3 Å². The summed E-state index contributed by atoms with van der Waals surface area (Å²) in [6, 6.07) is 0. The van der Waals surface area contributed by atoms with E-state index >= 15 is 0 Å². The molecule has 2 rings (SSSR count). The lowest BCUT2D eigenvalue weighted by molar-refractivity contribution is -0.276. The van der Waals surface area contributed by atoms with Gasteiger partial charge in [0.2, 0.25) is 0 Å². The van der Waals surface area contributed by atoms with Crippen molar-refractivity contribution in [1.82, 2.24) is 0 Å². The molecule has 8 nitrogen and oxygen atoms in total. The maximum atomic E-state index is 9.92. The van der Waals surface area contributed by atoms with Crippen LogP contribution in [-0.4, -0.2) is 81.7 Å². The average molecular weight is 292 g/mol. The van der Waals surface area contributed by atoms with E-state index < -0.39 is 49.5 Å². The van der Waals surface area contributed by atoms with Crippen molar-refractivity contribution in [3.05, 3.63) is 12.3 Å². The molecule has 2 heterocycles. The SMILES string of the molecule is OC[C@H]1O[C@H](O[C@@H]2C=CO[C@H](CO)[C@H]2O)C[C@@H](O)[C@@H]1O. The third kappa shape index (κ3) is 3.29. The summed E-state index contributed by atoms with van der Waals surface area (Å²) < 4.78 is 15.8. The highest BCUT2D eigenvalue weighted by Crippen LogP contribution is 2.25. The van der Waals surface area contributed by atoms with E-state index in [1.165, 1.54) is 12.3 Å². The maximum absolute atomic E-state index is 9.92. The van der Waals surface area contributed by atoms with Gasteiger partial charge in [-0.2, -0.15) is 0 Å². The largest absolute Gasteiger partial charge is 0.493 e. The molecule has 0 aromatic rings. The smallest absolute Gasteiger partial charge is 0.161 e. The van der Waals surface area contributed by atoms with Crippen molar-refractivity contribution in [2.75, 3.05) is 13.2 Å². The van der Waals surface area contributed by atoms with Gasteiger partial charge in [0.25, 0.3) is 0 Å². The summed E-state index contributed by atoms with van der Waals surface area (Å²) >= 11 is 0. The van der Waals surface area contributed by atoms with Crippen LogP contribution in [0.25, 0.3) is 0 Å². The summed E-state index contributed by atoms with van der Waals surface area (Å²) in [5.74, 6) is 0. The first-order valence-electron chi connectivity index (χ1n) is 6.45. The summed E-state index contributed by atoms with van der Waals surface area (Å²) in [5, 5.41) is 47.3. The van der Waals surface area contributed by atoms with Crippen LogP contribution in [0, 0.1) is 0 Å². The van der Waals surface area contributed by atoms with Gasteiger partial charge in [-0.15, -0.1) is 0 Å². The molecule has 0 saturated carbocycles. The van der Waals surface area contributed by atoms with Crippen LogP contribution >= 0.6 is 0 Å².